The van der Waals surface area contributed by atoms with Crippen LogP contribution in [0.3, 0.4) is 0 Å². The molecule has 76 valence electrons. The van der Waals surface area contributed by atoms with E-state index in [0.29, 0.717) is 13.3 Å². The Kier molecular flexibility index (Phi) is 4.18. The number of likely N-dealkylation sites (N-methyl/N-ethyl adjacent to an activating group) is 1. The predicted molar refractivity (Wildman–Crippen MR) is 50.0 cm³/mol. The number of rotatable bonds is 5. The van der Waals surface area contributed by atoms with Crippen LogP contribution in [0, 0.1) is 0 Å². The topological polar surface area (TPSA) is 55.6 Å². The van der Waals surface area contributed by atoms with Gasteiger partial charge < -0.3 is 10.5 Å². The molecule has 0 aromatic heterocycles. The lowest BCUT2D eigenvalue weighted by atomic mass is 10.1. The van der Waals surface area contributed by atoms with Gasteiger partial charge in [0.2, 0.25) is 0 Å². The number of cyclic esters (lactones) is 1. The second kappa shape index (κ2) is 5.19. The van der Waals surface area contributed by atoms with E-state index in [9.17, 15) is 4.79 Å². The van der Waals surface area contributed by atoms with Gasteiger partial charge in [0.25, 0.3) is 0 Å². The van der Waals surface area contributed by atoms with Crippen LogP contribution in [0.25, 0.3) is 0 Å². The van der Waals surface area contributed by atoms with Crippen molar-refractivity contribution in [3.63, 3.8) is 0 Å². The Hall–Kier alpha value is -0.610. The zero-order chi connectivity index (χ0) is 9.68. The van der Waals surface area contributed by atoms with Crippen molar-refractivity contribution in [3.05, 3.63) is 0 Å². The number of hydrogen-bond acceptors (Lipinski definition) is 4. The lowest BCUT2D eigenvalue weighted by Gasteiger charge is -2.16. The van der Waals surface area contributed by atoms with Gasteiger partial charge in [-0.2, -0.15) is 0 Å². The first-order valence-electron chi connectivity index (χ1n) is 4.90. The summed E-state index contributed by atoms with van der Waals surface area (Å²) in [6.07, 6.45) is 2.87. The van der Waals surface area contributed by atoms with Crippen molar-refractivity contribution >= 4 is 5.97 Å². The molecule has 0 saturated carbocycles. The highest BCUT2D eigenvalue weighted by Crippen LogP contribution is 2.16. The van der Waals surface area contributed by atoms with E-state index in [1.54, 1.807) is 0 Å². The fourth-order valence-corrected chi connectivity index (χ4v) is 1.58. The van der Waals surface area contributed by atoms with Crippen molar-refractivity contribution in [1.29, 1.82) is 0 Å². The molecule has 2 N–H and O–H groups in total. The highest BCUT2D eigenvalue weighted by Gasteiger charge is 2.32. The average molecular weight is 186 g/mol. The molecule has 0 aromatic carbocycles. The number of unbranched alkanes of at least 4 members (excludes halogenated alkanes) is 1. The minimum Gasteiger partial charge on any atom is -0.448 e. The minimum absolute atomic E-state index is 0.0171. The van der Waals surface area contributed by atoms with E-state index in [-0.39, 0.29) is 12.0 Å². The van der Waals surface area contributed by atoms with Crippen LogP contribution in [0.4, 0.5) is 0 Å². The lowest BCUT2D eigenvalue weighted by molar-refractivity contribution is -0.139. The zero-order valence-electron chi connectivity index (χ0n) is 8.16. The molecule has 4 heteroatoms. The van der Waals surface area contributed by atoms with Crippen molar-refractivity contribution in [2.75, 3.05) is 19.8 Å². The maximum Gasteiger partial charge on any atom is 0.324 e. The van der Waals surface area contributed by atoms with E-state index in [4.69, 9.17) is 10.5 Å². The maximum atomic E-state index is 11.2. The van der Waals surface area contributed by atoms with Gasteiger partial charge in [-0.05, 0) is 25.9 Å². The Morgan fingerprint density at radius 1 is 1.62 bits per heavy atom. The second-order valence-corrected chi connectivity index (χ2v) is 3.30. The summed E-state index contributed by atoms with van der Waals surface area (Å²) >= 11 is 0. The highest BCUT2D eigenvalue weighted by molar-refractivity contribution is 5.77. The molecule has 1 rings (SSSR count). The number of hydrogen-bond donors (Lipinski definition) is 1. The van der Waals surface area contributed by atoms with Crippen molar-refractivity contribution in [2.24, 2.45) is 5.73 Å². The third kappa shape index (κ3) is 2.67. The first-order valence-corrected chi connectivity index (χ1v) is 4.90. The van der Waals surface area contributed by atoms with Crippen LogP contribution < -0.4 is 5.73 Å². The van der Waals surface area contributed by atoms with Crippen LogP contribution in [-0.4, -0.2) is 36.7 Å². The number of ether oxygens (including phenoxy) is 1. The van der Waals surface area contributed by atoms with Crippen LogP contribution in [0.1, 0.15) is 26.2 Å². The van der Waals surface area contributed by atoms with Gasteiger partial charge in [0.05, 0.1) is 0 Å². The molecule has 1 aliphatic heterocycles. The van der Waals surface area contributed by atoms with Crippen LogP contribution in [0.5, 0.6) is 0 Å². The molecule has 1 saturated heterocycles. The van der Waals surface area contributed by atoms with Crippen LogP contribution in [-0.2, 0) is 9.53 Å². The van der Waals surface area contributed by atoms with E-state index in [0.717, 1.165) is 25.8 Å². The quantitative estimate of drug-likeness (QED) is 0.496. The molecular weight excluding hydrogens is 168 g/mol. The van der Waals surface area contributed by atoms with Gasteiger partial charge >= 0.3 is 5.97 Å². The molecule has 1 heterocycles. The first-order chi connectivity index (χ1) is 6.29. The second-order valence-electron chi connectivity index (χ2n) is 3.30. The average Bonchev–Trinajstić information content (AvgIpc) is 2.48. The summed E-state index contributed by atoms with van der Waals surface area (Å²) in [6.45, 7) is 4.08. The van der Waals surface area contributed by atoms with E-state index in [2.05, 4.69) is 4.90 Å². The Morgan fingerprint density at radius 2 is 2.38 bits per heavy atom. The summed E-state index contributed by atoms with van der Waals surface area (Å²) in [7, 11) is 0. The molecule has 1 unspecified atom stereocenters. The molecule has 0 bridgehead atoms. The monoisotopic (exact) mass is 186 g/mol. The van der Waals surface area contributed by atoms with E-state index >= 15 is 0 Å². The molecule has 0 aromatic rings. The van der Waals surface area contributed by atoms with Gasteiger partial charge in [-0.3, -0.25) is 9.69 Å². The summed E-state index contributed by atoms with van der Waals surface area (Å²) in [4.78, 5) is 13.3. The summed E-state index contributed by atoms with van der Waals surface area (Å²) in [6, 6.07) is -0.0171. The van der Waals surface area contributed by atoms with Gasteiger partial charge in [0.15, 0.2) is 0 Å². The summed E-state index contributed by atoms with van der Waals surface area (Å²) < 4.78 is 4.96. The largest absolute Gasteiger partial charge is 0.448 e. The van der Waals surface area contributed by atoms with Crippen LogP contribution in [0.15, 0.2) is 0 Å². The Labute approximate surface area is 79.0 Å². The van der Waals surface area contributed by atoms with E-state index in [1.807, 2.05) is 6.92 Å². The van der Waals surface area contributed by atoms with Gasteiger partial charge in [-0.15, -0.1) is 0 Å². The molecule has 1 aliphatic rings. The highest BCUT2D eigenvalue weighted by atomic mass is 16.6. The Bertz CT molecular complexity index is 173. The van der Waals surface area contributed by atoms with Gasteiger partial charge in [0.1, 0.15) is 12.8 Å². The molecule has 1 fully saturated rings. The molecule has 13 heavy (non-hydrogen) atoms. The van der Waals surface area contributed by atoms with Crippen LogP contribution in [0.2, 0.25) is 0 Å². The summed E-state index contributed by atoms with van der Waals surface area (Å²) in [5.74, 6) is -0.0705. The fraction of sp³-hybridized carbons (Fsp3) is 0.889. The van der Waals surface area contributed by atoms with Gasteiger partial charge in [-0.25, -0.2) is 0 Å². The van der Waals surface area contributed by atoms with Crippen LogP contribution >= 0.6 is 0 Å². The van der Waals surface area contributed by atoms with Crippen molar-refractivity contribution in [2.45, 2.75) is 32.2 Å². The van der Waals surface area contributed by atoms with E-state index in [1.165, 1.54) is 0 Å². The van der Waals surface area contributed by atoms with Crippen molar-refractivity contribution in [3.8, 4) is 0 Å². The fourth-order valence-electron chi connectivity index (χ4n) is 1.58. The Morgan fingerprint density at radius 3 is 3.00 bits per heavy atom. The third-order valence-corrected chi connectivity index (χ3v) is 2.42. The molecule has 1 atom stereocenters. The van der Waals surface area contributed by atoms with Crippen molar-refractivity contribution in [1.82, 2.24) is 4.90 Å². The molecular formula is C9H18N2O2. The lowest BCUT2D eigenvalue weighted by Crippen LogP contribution is -2.32. The molecule has 4 nitrogen and oxygen atoms in total. The standard InChI is InChI=1S/C9H18N2O2/c1-2-11-7-13-9(12)8(11)5-3-4-6-10/h8H,2-7,10H2,1H3. The molecule has 0 radical (unpaired) electrons. The Balaban J connectivity index is 2.31. The van der Waals surface area contributed by atoms with Gasteiger partial charge in [-0.1, -0.05) is 13.3 Å². The maximum absolute atomic E-state index is 11.2. The number of nitrogens with two attached hydrogens (primary N) is 1. The molecule has 0 spiro atoms. The predicted octanol–water partition coefficient (Wildman–Crippen LogP) is 0.320. The zero-order valence-corrected chi connectivity index (χ0v) is 8.16. The summed E-state index contributed by atoms with van der Waals surface area (Å²) in [5, 5.41) is 0. The first kappa shape index (κ1) is 10.5. The smallest absolute Gasteiger partial charge is 0.324 e. The number of carbonyl (C=O) groups is 1. The molecule has 0 aliphatic carbocycles. The van der Waals surface area contributed by atoms with Crippen molar-refractivity contribution < 1.29 is 9.53 Å². The minimum atomic E-state index is -0.0705. The number of nitrogens with zero attached hydrogens (tertiary/aromatic N) is 1. The normalized spacial score (nSPS) is 23.5. The summed E-state index contributed by atoms with van der Waals surface area (Å²) in [5.41, 5.74) is 5.39. The third-order valence-electron chi connectivity index (χ3n) is 2.42. The van der Waals surface area contributed by atoms with E-state index < -0.39 is 0 Å². The SMILES string of the molecule is CCN1COC(=O)C1CCCCN. The number of carbonyl (C=O) groups excluding carboxylic acids is 1. The number of esters is 1. The van der Waals surface area contributed by atoms with Gasteiger partial charge in [0, 0.05) is 0 Å². The molecule has 0 amide bonds.